The molecule has 1 aromatic carbocycles. The number of nitrogens with one attached hydrogen (secondary N) is 5. The summed E-state index contributed by atoms with van der Waals surface area (Å²) in [5, 5.41) is 14.8. The van der Waals surface area contributed by atoms with Gasteiger partial charge in [-0.3, -0.25) is 14.4 Å². The summed E-state index contributed by atoms with van der Waals surface area (Å²) in [6.45, 7) is 7.78. The zero-order chi connectivity index (χ0) is 33.5. The standard InChI is InChI=1S/C32H49N5O7S2/c1-21(38)45-19-22-12-14-23(15-13-22)43-18-17-34-29(40)24(36-31(42)44-32(2,3)4)9-7-8-16-33-27(39)11-6-5-10-26-28-25(20-46-26)35-30(41)37-28/h12-15,24-26,28H,5-11,16-20H2,1-4H3,(H,33,39)(H,34,40)(H,36,42)(H2,35,37,41)/t24-,25+,26+,28+/m1/s1. The first-order valence-electron chi connectivity index (χ1n) is 16.0. The van der Waals surface area contributed by atoms with E-state index in [1.807, 2.05) is 36.0 Å². The van der Waals surface area contributed by atoms with Crippen molar-refractivity contribution in [1.82, 2.24) is 26.6 Å². The third kappa shape index (κ3) is 14.1. The SMILES string of the molecule is CC(=O)SCc1ccc(OCCNC(=O)[C@@H](CCCCNC(=O)CCCC[C@@H]2SC[C@@H]3NC(=O)N[C@@H]32)NC(=O)OC(C)(C)C)cc1. The summed E-state index contributed by atoms with van der Waals surface area (Å²) in [5.74, 6) is 1.85. The fourth-order valence-corrected chi connectivity index (χ4v) is 7.22. The van der Waals surface area contributed by atoms with E-state index in [1.165, 1.54) is 18.7 Å². The van der Waals surface area contributed by atoms with Crippen LogP contribution in [0.1, 0.15) is 78.2 Å². The molecule has 46 heavy (non-hydrogen) atoms. The molecule has 0 aliphatic carbocycles. The molecule has 2 saturated heterocycles. The van der Waals surface area contributed by atoms with E-state index in [9.17, 15) is 24.0 Å². The number of urea groups is 1. The molecule has 2 aliphatic heterocycles. The highest BCUT2D eigenvalue weighted by Gasteiger charge is 2.42. The first-order chi connectivity index (χ1) is 21.9. The summed E-state index contributed by atoms with van der Waals surface area (Å²) >= 11 is 3.12. The van der Waals surface area contributed by atoms with Gasteiger partial charge in [0, 0.05) is 36.6 Å². The van der Waals surface area contributed by atoms with E-state index in [0.29, 0.717) is 49.0 Å². The molecule has 14 heteroatoms. The third-order valence-corrected chi connectivity index (χ3v) is 9.76. The molecule has 256 valence electrons. The highest BCUT2D eigenvalue weighted by atomic mass is 32.2. The maximum Gasteiger partial charge on any atom is 0.408 e. The molecular formula is C32H49N5O7S2. The second kappa shape index (κ2) is 18.9. The molecule has 0 spiro atoms. The van der Waals surface area contributed by atoms with Gasteiger partial charge in [0.15, 0.2) is 5.12 Å². The number of unbranched alkanes of at least 4 members (excludes halogenated alkanes) is 2. The summed E-state index contributed by atoms with van der Waals surface area (Å²) in [6, 6.07) is 6.95. The Balaban J connectivity index is 1.32. The Kier molecular flexibility index (Phi) is 15.3. The molecule has 0 unspecified atom stereocenters. The van der Waals surface area contributed by atoms with Crippen molar-refractivity contribution in [2.45, 2.75) is 107 Å². The summed E-state index contributed by atoms with van der Waals surface area (Å²) in [7, 11) is 0. The molecule has 12 nitrogen and oxygen atoms in total. The van der Waals surface area contributed by atoms with Crippen molar-refractivity contribution in [3.8, 4) is 5.75 Å². The van der Waals surface area contributed by atoms with Crippen LogP contribution >= 0.6 is 23.5 Å². The van der Waals surface area contributed by atoms with Gasteiger partial charge in [-0.05, 0) is 70.6 Å². The largest absolute Gasteiger partial charge is 0.492 e. The lowest BCUT2D eigenvalue weighted by Crippen LogP contribution is -2.48. The van der Waals surface area contributed by atoms with Gasteiger partial charge in [-0.25, -0.2) is 9.59 Å². The number of amides is 5. The maximum atomic E-state index is 13.0. The van der Waals surface area contributed by atoms with Crippen LogP contribution in [0, 0.1) is 0 Å². The number of benzene rings is 1. The third-order valence-electron chi connectivity index (χ3n) is 7.37. The molecule has 5 N–H and O–H groups in total. The number of hydrogen-bond donors (Lipinski definition) is 5. The Morgan fingerprint density at radius 1 is 1.02 bits per heavy atom. The van der Waals surface area contributed by atoms with E-state index in [1.54, 1.807) is 20.8 Å². The van der Waals surface area contributed by atoms with Crippen molar-refractivity contribution in [3.05, 3.63) is 29.8 Å². The van der Waals surface area contributed by atoms with Crippen LogP contribution in [0.3, 0.4) is 0 Å². The quantitative estimate of drug-likeness (QED) is 0.115. The fraction of sp³-hybridized carbons (Fsp3) is 0.656. The molecule has 0 saturated carbocycles. The van der Waals surface area contributed by atoms with Gasteiger partial charge in [-0.2, -0.15) is 11.8 Å². The minimum Gasteiger partial charge on any atom is -0.492 e. The van der Waals surface area contributed by atoms with E-state index >= 15 is 0 Å². The van der Waals surface area contributed by atoms with Crippen molar-refractivity contribution < 1.29 is 33.4 Å². The molecule has 0 aromatic heterocycles. The molecule has 0 bridgehead atoms. The number of rotatable bonds is 18. The predicted molar refractivity (Wildman–Crippen MR) is 181 cm³/mol. The second-order valence-corrected chi connectivity index (χ2v) is 14.9. The topological polar surface area (TPSA) is 164 Å². The number of fused-ring (bicyclic) bond motifs is 1. The van der Waals surface area contributed by atoms with Crippen molar-refractivity contribution in [1.29, 1.82) is 0 Å². The van der Waals surface area contributed by atoms with Crippen LogP contribution in [0.4, 0.5) is 9.59 Å². The molecule has 2 fully saturated rings. The Morgan fingerprint density at radius 2 is 1.78 bits per heavy atom. The minimum atomic E-state index is -0.795. The van der Waals surface area contributed by atoms with Crippen LogP contribution in [0.25, 0.3) is 0 Å². The lowest BCUT2D eigenvalue weighted by Gasteiger charge is -2.23. The van der Waals surface area contributed by atoms with Gasteiger partial charge in [0.25, 0.3) is 0 Å². The number of ether oxygens (including phenoxy) is 2. The van der Waals surface area contributed by atoms with Gasteiger partial charge in [0.1, 0.15) is 24.0 Å². The Morgan fingerprint density at radius 3 is 2.50 bits per heavy atom. The van der Waals surface area contributed by atoms with E-state index < -0.39 is 17.7 Å². The fourth-order valence-electron chi connectivity index (χ4n) is 5.12. The summed E-state index contributed by atoms with van der Waals surface area (Å²) in [5.41, 5.74) is 0.314. The maximum absolute atomic E-state index is 13.0. The number of carbonyl (C=O) groups is 5. The number of carbonyl (C=O) groups excluding carboxylic acids is 5. The van der Waals surface area contributed by atoms with Crippen LogP contribution in [0.15, 0.2) is 24.3 Å². The van der Waals surface area contributed by atoms with Gasteiger partial charge in [-0.1, -0.05) is 30.3 Å². The lowest BCUT2D eigenvalue weighted by molar-refractivity contribution is -0.123. The van der Waals surface area contributed by atoms with E-state index in [2.05, 4.69) is 26.6 Å². The van der Waals surface area contributed by atoms with Crippen LogP contribution in [-0.2, 0) is 24.9 Å². The average molecular weight is 680 g/mol. The van der Waals surface area contributed by atoms with Gasteiger partial charge >= 0.3 is 12.1 Å². The molecule has 2 aliphatic rings. The van der Waals surface area contributed by atoms with Crippen molar-refractivity contribution in [2.75, 3.05) is 25.4 Å². The zero-order valence-electron chi connectivity index (χ0n) is 27.3. The Labute approximate surface area is 280 Å². The molecule has 2 heterocycles. The highest BCUT2D eigenvalue weighted by Crippen LogP contribution is 2.33. The lowest BCUT2D eigenvalue weighted by atomic mass is 10.0. The highest BCUT2D eigenvalue weighted by molar-refractivity contribution is 8.12. The molecule has 5 amide bonds. The van der Waals surface area contributed by atoms with E-state index in [4.69, 9.17) is 9.47 Å². The summed E-state index contributed by atoms with van der Waals surface area (Å²) in [6.07, 6.45) is 4.12. The van der Waals surface area contributed by atoms with Crippen molar-refractivity contribution in [2.24, 2.45) is 0 Å². The van der Waals surface area contributed by atoms with E-state index in [-0.39, 0.29) is 48.2 Å². The van der Waals surface area contributed by atoms with Gasteiger partial charge in [0.2, 0.25) is 11.8 Å². The Bertz CT molecular complexity index is 1180. The van der Waals surface area contributed by atoms with Crippen LogP contribution in [0.2, 0.25) is 0 Å². The first-order valence-corrected chi connectivity index (χ1v) is 18.0. The summed E-state index contributed by atoms with van der Waals surface area (Å²) < 4.78 is 11.1. The van der Waals surface area contributed by atoms with Crippen LogP contribution < -0.4 is 31.3 Å². The Hall–Kier alpha value is -3.13. The smallest absolute Gasteiger partial charge is 0.408 e. The number of alkyl carbamates (subject to hydrolysis) is 1. The normalized spacial score (nSPS) is 19.3. The molecule has 0 radical (unpaired) electrons. The predicted octanol–water partition coefficient (Wildman–Crippen LogP) is 3.87. The van der Waals surface area contributed by atoms with Gasteiger partial charge < -0.3 is 36.1 Å². The first kappa shape index (κ1) is 37.3. The van der Waals surface area contributed by atoms with Crippen molar-refractivity contribution >= 4 is 52.6 Å². The van der Waals surface area contributed by atoms with Crippen molar-refractivity contribution in [3.63, 3.8) is 0 Å². The summed E-state index contributed by atoms with van der Waals surface area (Å²) in [4.78, 5) is 60.4. The van der Waals surface area contributed by atoms with Crippen LogP contribution in [-0.4, -0.2) is 83.5 Å². The molecule has 1 aromatic rings. The second-order valence-electron chi connectivity index (χ2n) is 12.5. The monoisotopic (exact) mass is 679 g/mol. The molecule has 3 rings (SSSR count). The molecule has 4 atom stereocenters. The van der Waals surface area contributed by atoms with Gasteiger partial charge in [0.05, 0.1) is 18.6 Å². The van der Waals surface area contributed by atoms with Gasteiger partial charge in [-0.15, -0.1) is 0 Å². The minimum absolute atomic E-state index is 0.00134. The molecular weight excluding hydrogens is 631 g/mol. The zero-order valence-corrected chi connectivity index (χ0v) is 28.9. The average Bonchev–Trinajstić information content (AvgIpc) is 3.54. The number of hydrogen-bond acceptors (Lipinski definition) is 9. The number of thioether (sulfide) groups is 2. The van der Waals surface area contributed by atoms with Crippen LogP contribution in [0.5, 0.6) is 5.75 Å². The van der Waals surface area contributed by atoms with E-state index in [0.717, 1.165) is 30.6 Å².